The summed E-state index contributed by atoms with van der Waals surface area (Å²) in [4.78, 5) is 11.5. The minimum absolute atomic E-state index is 0.273. The highest BCUT2D eigenvalue weighted by Gasteiger charge is 2.26. The van der Waals surface area contributed by atoms with Crippen molar-refractivity contribution in [1.29, 1.82) is 0 Å². The van der Waals surface area contributed by atoms with E-state index in [4.69, 9.17) is 0 Å². The fourth-order valence-electron chi connectivity index (χ4n) is 0.850. The Morgan fingerprint density at radius 3 is 2.13 bits per heavy atom. The van der Waals surface area contributed by atoms with Crippen LogP contribution in [0.15, 0.2) is 5.10 Å². The molecule has 0 radical (unpaired) electrons. The number of hydrazone groups is 1. The third-order valence-corrected chi connectivity index (χ3v) is 3.43. The molecule has 7 heteroatoms. The van der Waals surface area contributed by atoms with Crippen LogP contribution in [0.25, 0.3) is 0 Å². The van der Waals surface area contributed by atoms with Gasteiger partial charge in [-0.05, 0) is 6.92 Å². The molecule has 0 aromatic heterocycles. The van der Waals surface area contributed by atoms with E-state index in [1.54, 1.807) is 21.0 Å². The van der Waals surface area contributed by atoms with E-state index in [2.05, 4.69) is 14.1 Å². The average molecular weight is 236 g/mol. The molecule has 15 heavy (non-hydrogen) atoms. The fraction of sp³-hybridized carbons (Fsp3) is 0.750. The van der Waals surface area contributed by atoms with Gasteiger partial charge in [-0.15, -0.1) is 0 Å². The highest BCUT2D eigenvalue weighted by atomic mass is 31.2. The van der Waals surface area contributed by atoms with Crippen molar-refractivity contribution in [2.24, 2.45) is 5.10 Å². The van der Waals surface area contributed by atoms with E-state index in [9.17, 15) is 9.36 Å². The Kier molecular flexibility index (Phi) is 5.72. The van der Waals surface area contributed by atoms with Crippen LogP contribution in [0.5, 0.6) is 0 Å². The minimum Gasteiger partial charge on any atom is -0.312 e. The first-order valence-electron chi connectivity index (χ1n) is 4.31. The van der Waals surface area contributed by atoms with Crippen LogP contribution in [0, 0.1) is 0 Å². The van der Waals surface area contributed by atoms with Crippen molar-refractivity contribution in [2.45, 2.75) is 6.92 Å². The number of nitrogens with zero attached hydrogens (tertiary/aromatic N) is 2. The number of rotatable bonds is 6. The van der Waals surface area contributed by atoms with E-state index in [-0.39, 0.29) is 17.7 Å². The Morgan fingerprint density at radius 1 is 1.33 bits per heavy atom. The Morgan fingerprint density at radius 2 is 1.80 bits per heavy atom. The average Bonchev–Trinajstić information content (AvgIpc) is 2.16. The van der Waals surface area contributed by atoms with Gasteiger partial charge in [-0.3, -0.25) is 9.36 Å². The number of hydrogen-bond acceptors (Lipinski definition) is 6. The summed E-state index contributed by atoms with van der Waals surface area (Å²) in [6.45, 7) is 1.55. The van der Waals surface area contributed by atoms with Gasteiger partial charge in [0.15, 0.2) is 5.78 Å². The van der Waals surface area contributed by atoms with Gasteiger partial charge in [-0.2, -0.15) is 5.10 Å². The molecule has 0 fully saturated rings. The van der Waals surface area contributed by atoms with Gasteiger partial charge in [0.2, 0.25) is 0 Å². The summed E-state index contributed by atoms with van der Waals surface area (Å²) in [5, 5.41) is 5.40. The Balaban J connectivity index is 4.56. The maximum absolute atomic E-state index is 11.6. The molecule has 0 bridgehead atoms. The molecule has 0 amide bonds. The molecule has 0 aliphatic rings. The molecular formula is C8H17N2O4P. The molecule has 0 saturated carbocycles. The second kappa shape index (κ2) is 6.00. The zero-order valence-corrected chi connectivity index (χ0v) is 10.6. The zero-order chi connectivity index (χ0) is 12.1. The Bertz CT molecular complexity index is 293. The standard InChI is InChI=1S/C8H17N2O4P/c1-7(9-10(2)3)8(11)6-15(12,13-4)14-5/h6H2,1-5H3/b9-7+. The highest BCUT2D eigenvalue weighted by Crippen LogP contribution is 2.45. The molecule has 0 aromatic carbocycles. The highest BCUT2D eigenvalue weighted by molar-refractivity contribution is 7.55. The molecule has 0 N–H and O–H groups in total. The summed E-state index contributed by atoms with van der Waals surface area (Å²) in [6, 6.07) is 0. The van der Waals surface area contributed by atoms with Crippen LogP contribution in [0.3, 0.4) is 0 Å². The number of Topliss-reactive ketones (excluding diaryl/α,β-unsaturated/α-hetero) is 1. The molecule has 0 aliphatic heterocycles. The van der Waals surface area contributed by atoms with Gasteiger partial charge < -0.3 is 14.1 Å². The number of ketones is 1. The van der Waals surface area contributed by atoms with Crippen molar-refractivity contribution in [3.63, 3.8) is 0 Å². The van der Waals surface area contributed by atoms with Crippen LogP contribution in [0.1, 0.15) is 6.92 Å². The monoisotopic (exact) mass is 236 g/mol. The van der Waals surface area contributed by atoms with Gasteiger partial charge in [0.1, 0.15) is 11.9 Å². The van der Waals surface area contributed by atoms with Crippen LogP contribution >= 0.6 is 7.60 Å². The predicted octanol–water partition coefficient (Wildman–Crippen LogP) is 0.979. The molecule has 0 rings (SSSR count). The quantitative estimate of drug-likeness (QED) is 0.390. The normalized spacial score (nSPS) is 12.7. The van der Waals surface area contributed by atoms with Gasteiger partial charge in [-0.1, -0.05) is 0 Å². The Labute approximate surface area is 89.8 Å². The van der Waals surface area contributed by atoms with Crippen LogP contribution in [-0.4, -0.2) is 51.0 Å². The van der Waals surface area contributed by atoms with E-state index in [1.165, 1.54) is 19.2 Å². The number of carbonyl (C=O) groups excluding carboxylic acids is 1. The van der Waals surface area contributed by atoms with Gasteiger partial charge >= 0.3 is 7.60 Å². The van der Waals surface area contributed by atoms with Crippen molar-refractivity contribution in [3.05, 3.63) is 0 Å². The van der Waals surface area contributed by atoms with E-state index < -0.39 is 7.60 Å². The van der Waals surface area contributed by atoms with Crippen LogP contribution in [0.2, 0.25) is 0 Å². The summed E-state index contributed by atoms with van der Waals surface area (Å²) in [7, 11) is 2.60. The van der Waals surface area contributed by atoms with Crippen molar-refractivity contribution < 1.29 is 18.4 Å². The third-order valence-electron chi connectivity index (χ3n) is 1.65. The number of hydrogen-bond donors (Lipinski definition) is 0. The topological polar surface area (TPSA) is 68.2 Å². The maximum atomic E-state index is 11.6. The van der Waals surface area contributed by atoms with Gasteiger partial charge in [0.25, 0.3) is 0 Å². The summed E-state index contributed by atoms with van der Waals surface area (Å²) >= 11 is 0. The minimum atomic E-state index is -3.28. The summed E-state index contributed by atoms with van der Waals surface area (Å²) < 4.78 is 20.9. The summed E-state index contributed by atoms with van der Waals surface area (Å²) in [5.41, 5.74) is 0.273. The summed E-state index contributed by atoms with van der Waals surface area (Å²) in [6.07, 6.45) is -0.289. The number of carbonyl (C=O) groups is 1. The maximum Gasteiger partial charge on any atom is 0.337 e. The predicted molar refractivity (Wildman–Crippen MR) is 58.3 cm³/mol. The first-order valence-corrected chi connectivity index (χ1v) is 6.03. The molecule has 6 nitrogen and oxygen atoms in total. The second-order valence-corrected chi connectivity index (χ2v) is 5.36. The smallest absolute Gasteiger partial charge is 0.312 e. The van der Waals surface area contributed by atoms with Crippen molar-refractivity contribution in [3.8, 4) is 0 Å². The van der Waals surface area contributed by atoms with E-state index in [0.717, 1.165) is 0 Å². The zero-order valence-electron chi connectivity index (χ0n) is 9.68. The van der Waals surface area contributed by atoms with Crippen molar-refractivity contribution in [1.82, 2.24) is 5.01 Å². The van der Waals surface area contributed by atoms with Crippen molar-refractivity contribution >= 4 is 19.1 Å². The SMILES string of the molecule is COP(=O)(CC(=O)/C(C)=N/N(C)C)OC. The van der Waals surface area contributed by atoms with Gasteiger partial charge in [-0.25, -0.2) is 0 Å². The van der Waals surface area contributed by atoms with Crippen LogP contribution in [-0.2, 0) is 18.4 Å². The third kappa shape index (κ3) is 5.06. The lowest BCUT2D eigenvalue weighted by Crippen LogP contribution is -2.19. The molecule has 0 heterocycles. The lowest BCUT2D eigenvalue weighted by atomic mass is 10.3. The Hall–Kier alpha value is -0.710. The molecular weight excluding hydrogens is 219 g/mol. The molecule has 0 atom stereocenters. The molecule has 0 unspecified atom stereocenters. The van der Waals surface area contributed by atoms with Gasteiger partial charge in [0.05, 0.1) is 0 Å². The van der Waals surface area contributed by atoms with Crippen LogP contribution in [0.4, 0.5) is 0 Å². The molecule has 0 saturated heterocycles. The fourth-order valence-corrected chi connectivity index (χ4v) is 1.84. The second-order valence-electron chi connectivity index (χ2n) is 3.09. The van der Waals surface area contributed by atoms with Crippen molar-refractivity contribution in [2.75, 3.05) is 34.5 Å². The first kappa shape index (κ1) is 14.3. The molecule has 88 valence electrons. The van der Waals surface area contributed by atoms with E-state index >= 15 is 0 Å². The molecule has 0 spiro atoms. The lowest BCUT2D eigenvalue weighted by molar-refractivity contribution is -0.111. The molecule has 0 aliphatic carbocycles. The first-order chi connectivity index (χ1) is 6.84. The summed E-state index contributed by atoms with van der Waals surface area (Å²) in [5.74, 6) is -0.351. The van der Waals surface area contributed by atoms with E-state index in [0.29, 0.717) is 0 Å². The lowest BCUT2D eigenvalue weighted by Gasteiger charge is -2.13. The van der Waals surface area contributed by atoms with E-state index in [1.807, 2.05) is 0 Å². The van der Waals surface area contributed by atoms with Gasteiger partial charge in [0, 0.05) is 28.3 Å². The largest absolute Gasteiger partial charge is 0.337 e. The molecule has 0 aromatic rings. The van der Waals surface area contributed by atoms with Crippen LogP contribution < -0.4 is 0 Å².